The van der Waals surface area contributed by atoms with Crippen LogP contribution in [-0.4, -0.2) is 54.4 Å². The Morgan fingerprint density at radius 3 is 2.09 bits per heavy atom. The summed E-state index contributed by atoms with van der Waals surface area (Å²) in [7, 11) is 0. The van der Waals surface area contributed by atoms with Gasteiger partial charge in [-0.1, -0.05) is 67.9 Å². The van der Waals surface area contributed by atoms with Gasteiger partial charge in [0.1, 0.15) is 18.5 Å². The van der Waals surface area contributed by atoms with Crippen molar-refractivity contribution in [2.24, 2.45) is 0 Å². The molecule has 0 spiro atoms. The number of carbonyl (C=O) groups is 3. The first kappa shape index (κ1) is 28.1. The van der Waals surface area contributed by atoms with Gasteiger partial charge >= 0.3 is 0 Å². The van der Waals surface area contributed by atoms with Crippen molar-refractivity contribution in [2.45, 2.75) is 45.0 Å². The first-order valence-electron chi connectivity index (χ1n) is 11.5. The largest absolute Gasteiger partial charge is 0.489 e. The lowest BCUT2D eigenvalue weighted by molar-refractivity contribution is -0.130. The molecule has 2 aromatic rings. The van der Waals surface area contributed by atoms with E-state index < -0.39 is 17.8 Å². The van der Waals surface area contributed by atoms with Gasteiger partial charge in [-0.05, 0) is 17.7 Å². The van der Waals surface area contributed by atoms with Crippen molar-refractivity contribution in [3.63, 3.8) is 0 Å². The second kappa shape index (κ2) is 14.3. The molecule has 0 aliphatic rings. The lowest BCUT2D eigenvalue weighted by Gasteiger charge is -2.36. The molecule has 10 heteroatoms. The Labute approximate surface area is 210 Å². The number of amides is 3. The van der Waals surface area contributed by atoms with E-state index in [9.17, 15) is 19.5 Å². The third kappa shape index (κ3) is 9.94. The number of halogens is 1. The molecule has 190 valence electrons. The third-order valence-electron chi connectivity index (χ3n) is 4.95. The molecule has 0 heterocycles. The van der Waals surface area contributed by atoms with Crippen LogP contribution in [0.25, 0.3) is 0 Å². The molecule has 5 N–H and O–H groups in total. The van der Waals surface area contributed by atoms with Gasteiger partial charge in [0.25, 0.3) is 0 Å². The summed E-state index contributed by atoms with van der Waals surface area (Å²) in [4.78, 5) is 37.4. The molecule has 1 unspecified atom stereocenters. The Morgan fingerprint density at radius 2 is 1.49 bits per heavy atom. The van der Waals surface area contributed by atoms with Crippen LogP contribution in [0.4, 0.5) is 0 Å². The van der Waals surface area contributed by atoms with Gasteiger partial charge in [0.05, 0.1) is 18.0 Å². The fourth-order valence-corrected chi connectivity index (χ4v) is 3.37. The molecule has 35 heavy (non-hydrogen) atoms. The number of carbonyl (C=O) groups excluding carboxylic acids is 3. The number of hydrogen-bond donors (Lipinski definition) is 5. The van der Waals surface area contributed by atoms with Crippen LogP contribution in [-0.2, 0) is 20.8 Å². The average molecular weight is 505 g/mol. The van der Waals surface area contributed by atoms with Crippen molar-refractivity contribution < 1.29 is 24.2 Å². The van der Waals surface area contributed by atoms with Crippen molar-refractivity contribution >= 4 is 29.3 Å². The van der Waals surface area contributed by atoms with Gasteiger partial charge in [0, 0.05) is 19.4 Å². The number of hydrogen-bond acceptors (Lipinski definition) is 6. The predicted octanol–water partition coefficient (Wildman–Crippen LogP) is 1.73. The van der Waals surface area contributed by atoms with E-state index in [0.29, 0.717) is 10.8 Å². The maximum atomic E-state index is 12.8. The topological polar surface area (TPSA) is 129 Å². The normalized spacial score (nSPS) is 11.9. The maximum absolute atomic E-state index is 12.8. The fourth-order valence-electron chi connectivity index (χ4n) is 3.18. The van der Waals surface area contributed by atoms with Crippen molar-refractivity contribution in [3.05, 3.63) is 65.2 Å². The molecule has 0 saturated heterocycles. The van der Waals surface area contributed by atoms with Crippen molar-refractivity contribution in [3.8, 4) is 5.75 Å². The quantitative estimate of drug-likeness (QED) is 0.249. The number of aliphatic hydroxyl groups is 1. The molecule has 0 saturated carbocycles. The molecule has 0 aromatic heterocycles. The van der Waals surface area contributed by atoms with Crippen LogP contribution in [0.2, 0.25) is 5.02 Å². The Balaban J connectivity index is 2.06. The SMILES string of the molecule is CCC(=O)NC(CNCC(O)COc1ccccc1Cl)(NC(=O)CC)NC(=O)Cc1ccccc1. The van der Waals surface area contributed by atoms with Gasteiger partial charge in [0.15, 0.2) is 0 Å². The number of aliphatic hydroxyl groups excluding tert-OH is 1. The molecule has 0 bridgehead atoms. The van der Waals surface area contributed by atoms with Crippen molar-refractivity contribution in [1.82, 2.24) is 21.3 Å². The maximum Gasteiger partial charge on any atom is 0.227 e. The highest BCUT2D eigenvalue weighted by Crippen LogP contribution is 2.23. The van der Waals surface area contributed by atoms with Gasteiger partial charge in [-0.25, -0.2) is 0 Å². The number of benzene rings is 2. The molecular weight excluding hydrogens is 472 g/mol. The van der Waals surface area contributed by atoms with Gasteiger partial charge in [-0.3, -0.25) is 14.4 Å². The van der Waals surface area contributed by atoms with Gasteiger partial charge in [-0.2, -0.15) is 0 Å². The van der Waals surface area contributed by atoms with Crippen molar-refractivity contribution in [2.75, 3.05) is 19.7 Å². The predicted molar refractivity (Wildman–Crippen MR) is 134 cm³/mol. The molecule has 0 aliphatic carbocycles. The van der Waals surface area contributed by atoms with Crippen LogP contribution in [0.5, 0.6) is 5.75 Å². The van der Waals surface area contributed by atoms with Crippen LogP contribution >= 0.6 is 11.6 Å². The minimum Gasteiger partial charge on any atom is -0.489 e. The standard InChI is InChI=1S/C25H33ClN4O5/c1-3-22(32)28-25(29-23(33)4-2,30-24(34)14-18-10-6-5-7-11-18)17-27-15-19(31)16-35-21-13-9-8-12-20(21)26/h5-13,19,27,31H,3-4,14-17H2,1-2H3,(H,28,32)(H,29,33)(H,30,34). The second-order valence-electron chi connectivity index (χ2n) is 7.95. The van der Waals surface area contributed by atoms with Crippen LogP contribution in [0.1, 0.15) is 32.3 Å². The molecular formula is C25H33ClN4O5. The summed E-state index contributed by atoms with van der Waals surface area (Å²) in [6.45, 7) is 3.28. The zero-order chi connectivity index (χ0) is 25.7. The first-order chi connectivity index (χ1) is 16.8. The molecule has 2 aromatic carbocycles. The highest BCUT2D eigenvalue weighted by Gasteiger charge is 2.35. The monoisotopic (exact) mass is 504 g/mol. The highest BCUT2D eigenvalue weighted by atomic mass is 35.5. The summed E-state index contributed by atoms with van der Waals surface area (Å²) in [5.41, 5.74) is 0.780. The van der Waals surface area contributed by atoms with Gasteiger partial charge < -0.3 is 31.1 Å². The third-order valence-corrected chi connectivity index (χ3v) is 5.26. The molecule has 2 rings (SSSR count). The highest BCUT2D eigenvalue weighted by molar-refractivity contribution is 6.32. The van der Waals surface area contributed by atoms with Crippen LogP contribution in [0, 0.1) is 0 Å². The average Bonchev–Trinajstić information content (AvgIpc) is 2.83. The van der Waals surface area contributed by atoms with Crippen LogP contribution in [0.3, 0.4) is 0 Å². The van der Waals surface area contributed by atoms with E-state index in [0.717, 1.165) is 5.56 Å². The summed E-state index contributed by atoms with van der Waals surface area (Å²) < 4.78 is 5.54. The molecule has 0 radical (unpaired) electrons. The summed E-state index contributed by atoms with van der Waals surface area (Å²) in [5, 5.41) is 21.9. The summed E-state index contributed by atoms with van der Waals surface area (Å²) >= 11 is 6.06. The molecule has 1 atom stereocenters. The minimum absolute atomic E-state index is 0.0350. The number of rotatable bonds is 14. The van der Waals surface area contributed by atoms with E-state index in [4.69, 9.17) is 16.3 Å². The Morgan fingerprint density at radius 1 is 0.914 bits per heavy atom. The van der Waals surface area contributed by atoms with E-state index in [1.807, 2.05) is 30.3 Å². The van der Waals surface area contributed by atoms with E-state index in [1.165, 1.54) is 0 Å². The Hall–Kier alpha value is -3.14. The Bertz CT molecular complexity index is 955. The number of ether oxygens (including phenoxy) is 1. The summed E-state index contributed by atoms with van der Waals surface area (Å²) in [5.74, 6) is -2.28. The van der Waals surface area contributed by atoms with Crippen LogP contribution in [0.15, 0.2) is 54.6 Å². The molecule has 0 aliphatic heterocycles. The van der Waals surface area contributed by atoms with E-state index >= 15 is 0 Å². The van der Waals surface area contributed by atoms with Gasteiger partial charge in [0.2, 0.25) is 23.5 Å². The zero-order valence-electron chi connectivity index (χ0n) is 20.0. The summed E-state index contributed by atoms with van der Waals surface area (Å²) in [6, 6.07) is 16.0. The Kier molecular flexibility index (Phi) is 11.5. The molecule has 0 fully saturated rings. The minimum atomic E-state index is -1.59. The van der Waals surface area contributed by atoms with E-state index in [1.54, 1.807) is 38.1 Å². The first-order valence-corrected chi connectivity index (χ1v) is 11.9. The summed E-state index contributed by atoms with van der Waals surface area (Å²) in [6.07, 6.45) is -0.576. The smallest absolute Gasteiger partial charge is 0.227 e. The second-order valence-corrected chi connectivity index (χ2v) is 8.35. The lowest BCUT2D eigenvalue weighted by Crippen LogP contribution is -2.74. The fraction of sp³-hybridized carbons (Fsp3) is 0.400. The molecule has 3 amide bonds. The van der Waals surface area contributed by atoms with E-state index in [-0.39, 0.29) is 50.8 Å². The molecule has 9 nitrogen and oxygen atoms in total. The lowest BCUT2D eigenvalue weighted by atomic mass is 10.1. The van der Waals surface area contributed by atoms with E-state index in [2.05, 4.69) is 21.3 Å². The van der Waals surface area contributed by atoms with Crippen LogP contribution < -0.4 is 26.0 Å². The van der Waals surface area contributed by atoms with Gasteiger partial charge in [-0.15, -0.1) is 0 Å². The van der Waals surface area contributed by atoms with Crippen molar-refractivity contribution in [1.29, 1.82) is 0 Å². The number of para-hydroxylation sites is 1. The zero-order valence-corrected chi connectivity index (χ0v) is 20.7. The number of nitrogens with one attached hydrogen (secondary N) is 4.